The lowest BCUT2D eigenvalue weighted by Gasteiger charge is -2.47. The van der Waals surface area contributed by atoms with E-state index >= 15 is 0 Å². The number of para-hydroxylation sites is 1. The largest absolute Gasteiger partial charge is 0.444 e. The Kier molecular flexibility index (Phi) is 5.29. The van der Waals surface area contributed by atoms with Crippen molar-refractivity contribution in [3.05, 3.63) is 30.3 Å². The number of nitrogens with zero attached hydrogens (tertiary/aromatic N) is 1. The Labute approximate surface area is 138 Å². The SMILES string of the molecule is CC[C@H]1CN(C(=O)OC(C)(C)C)C1CC(=O)Nc1ccccc1. The Morgan fingerprint density at radius 1 is 1.26 bits per heavy atom. The van der Waals surface area contributed by atoms with Crippen molar-refractivity contribution in [3.63, 3.8) is 0 Å². The third-order valence-electron chi connectivity index (χ3n) is 3.98. The van der Waals surface area contributed by atoms with Crippen LogP contribution in [0.3, 0.4) is 0 Å². The quantitative estimate of drug-likeness (QED) is 0.921. The maximum absolute atomic E-state index is 12.2. The molecule has 1 aliphatic rings. The summed E-state index contributed by atoms with van der Waals surface area (Å²) in [4.78, 5) is 26.1. The number of ether oxygens (including phenoxy) is 1. The molecule has 5 nitrogen and oxygen atoms in total. The molecule has 0 aromatic heterocycles. The van der Waals surface area contributed by atoms with Crippen molar-refractivity contribution in [2.45, 2.75) is 52.2 Å². The number of rotatable bonds is 4. The summed E-state index contributed by atoms with van der Waals surface area (Å²) >= 11 is 0. The Hall–Kier alpha value is -2.04. The maximum Gasteiger partial charge on any atom is 0.410 e. The second-order valence-corrected chi connectivity index (χ2v) is 6.99. The van der Waals surface area contributed by atoms with Gasteiger partial charge >= 0.3 is 6.09 Å². The van der Waals surface area contributed by atoms with Crippen molar-refractivity contribution in [1.82, 2.24) is 4.90 Å². The number of hydrogen-bond donors (Lipinski definition) is 1. The van der Waals surface area contributed by atoms with Crippen LogP contribution in [0.5, 0.6) is 0 Å². The normalized spacial score (nSPS) is 20.6. The van der Waals surface area contributed by atoms with Crippen LogP contribution in [0, 0.1) is 5.92 Å². The highest BCUT2D eigenvalue weighted by Gasteiger charge is 2.43. The minimum Gasteiger partial charge on any atom is -0.444 e. The van der Waals surface area contributed by atoms with E-state index in [-0.39, 0.29) is 18.0 Å². The molecule has 2 rings (SSSR count). The van der Waals surface area contributed by atoms with Crippen LogP contribution in [0.4, 0.5) is 10.5 Å². The lowest BCUT2D eigenvalue weighted by Crippen LogP contribution is -2.60. The number of hydrogen-bond acceptors (Lipinski definition) is 3. The fraction of sp³-hybridized carbons (Fsp3) is 0.556. The van der Waals surface area contributed by atoms with E-state index in [1.165, 1.54) is 0 Å². The fourth-order valence-electron chi connectivity index (χ4n) is 2.76. The van der Waals surface area contributed by atoms with Crippen LogP contribution in [-0.2, 0) is 9.53 Å². The summed E-state index contributed by atoms with van der Waals surface area (Å²) in [5, 5.41) is 2.88. The van der Waals surface area contributed by atoms with E-state index in [0.29, 0.717) is 18.9 Å². The number of carbonyl (C=O) groups is 2. The molecule has 5 heteroatoms. The Bertz CT molecular complexity index is 551. The van der Waals surface area contributed by atoms with Gasteiger partial charge in [0.15, 0.2) is 0 Å². The standard InChI is InChI=1S/C18H26N2O3/c1-5-13-12-20(17(22)23-18(2,3)4)15(13)11-16(21)19-14-9-7-6-8-10-14/h6-10,13,15H,5,11-12H2,1-4H3,(H,19,21)/t13-,15?/m0/s1. The van der Waals surface area contributed by atoms with Gasteiger partial charge in [0, 0.05) is 24.7 Å². The topological polar surface area (TPSA) is 58.6 Å². The molecule has 1 unspecified atom stereocenters. The van der Waals surface area contributed by atoms with Gasteiger partial charge in [0.2, 0.25) is 5.91 Å². The van der Waals surface area contributed by atoms with E-state index in [4.69, 9.17) is 4.74 Å². The van der Waals surface area contributed by atoms with Gasteiger partial charge in [0.25, 0.3) is 0 Å². The molecule has 1 saturated heterocycles. The van der Waals surface area contributed by atoms with Gasteiger partial charge < -0.3 is 15.0 Å². The van der Waals surface area contributed by atoms with Crippen molar-refractivity contribution in [3.8, 4) is 0 Å². The van der Waals surface area contributed by atoms with Crippen LogP contribution in [0.25, 0.3) is 0 Å². The minimum atomic E-state index is -0.523. The van der Waals surface area contributed by atoms with Gasteiger partial charge in [0.1, 0.15) is 5.60 Å². The molecule has 0 bridgehead atoms. The summed E-state index contributed by atoms with van der Waals surface area (Å²) in [5.41, 5.74) is 0.249. The molecule has 0 radical (unpaired) electrons. The zero-order chi connectivity index (χ0) is 17.0. The number of carbonyl (C=O) groups excluding carboxylic acids is 2. The summed E-state index contributed by atoms with van der Waals surface area (Å²) in [7, 11) is 0. The summed E-state index contributed by atoms with van der Waals surface area (Å²) in [5.74, 6) is 0.275. The van der Waals surface area contributed by atoms with Crippen molar-refractivity contribution < 1.29 is 14.3 Å². The second-order valence-electron chi connectivity index (χ2n) is 6.99. The molecule has 1 aromatic rings. The highest BCUT2D eigenvalue weighted by atomic mass is 16.6. The summed E-state index contributed by atoms with van der Waals surface area (Å²) in [6.07, 6.45) is 0.912. The maximum atomic E-state index is 12.2. The summed E-state index contributed by atoms with van der Waals surface area (Å²) in [6.45, 7) is 8.28. The fourth-order valence-corrected chi connectivity index (χ4v) is 2.76. The van der Waals surface area contributed by atoms with Crippen molar-refractivity contribution in [1.29, 1.82) is 0 Å². The molecule has 0 spiro atoms. The zero-order valence-electron chi connectivity index (χ0n) is 14.3. The van der Waals surface area contributed by atoms with Crippen LogP contribution in [0.15, 0.2) is 30.3 Å². The molecular weight excluding hydrogens is 292 g/mol. The van der Waals surface area contributed by atoms with Crippen LogP contribution < -0.4 is 5.32 Å². The third kappa shape index (κ3) is 4.71. The molecule has 1 aliphatic heterocycles. The number of nitrogens with one attached hydrogen (secondary N) is 1. The molecule has 23 heavy (non-hydrogen) atoms. The average Bonchev–Trinajstić information content (AvgIpc) is 2.43. The monoisotopic (exact) mass is 318 g/mol. The van der Waals surface area contributed by atoms with Crippen LogP contribution >= 0.6 is 0 Å². The van der Waals surface area contributed by atoms with Crippen molar-refractivity contribution in [2.24, 2.45) is 5.92 Å². The van der Waals surface area contributed by atoms with E-state index in [1.807, 2.05) is 51.1 Å². The molecule has 126 valence electrons. The molecule has 2 amide bonds. The van der Waals surface area contributed by atoms with E-state index < -0.39 is 5.60 Å². The first-order valence-corrected chi connectivity index (χ1v) is 8.14. The van der Waals surface area contributed by atoms with Crippen molar-refractivity contribution in [2.75, 3.05) is 11.9 Å². The molecule has 1 aromatic carbocycles. The van der Waals surface area contributed by atoms with Gasteiger partial charge in [-0.15, -0.1) is 0 Å². The molecular formula is C18H26N2O3. The Morgan fingerprint density at radius 3 is 2.48 bits per heavy atom. The van der Waals surface area contributed by atoms with Gasteiger partial charge in [-0.25, -0.2) is 4.79 Å². The predicted octanol–water partition coefficient (Wildman–Crippen LogP) is 3.66. The predicted molar refractivity (Wildman–Crippen MR) is 90.2 cm³/mol. The summed E-state index contributed by atoms with van der Waals surface area (Å²) in [6, 6.07) is 9.27. The van der Waals surface area contributed by atoms with Gasteiger partial charge in [-0.3, -0.25) is 4.79 Å². The summed E-state index contributed by atoms with van der Waals surface area (Å²) < 4.78 is 5.42. The van der Waals surface area contributed by atoms with E-state index in [1.54, 1.807) is 4.90 Å². The molecule has 2 atom stereocenters. The van der Waals surface area contributed by atoms with E-state index in [2.05, 4.69) is 12.2 Å². The number of anilines is 1. The molecule has 1 N–H and O–H groups in total. The molecule has 1 fully saturated rings. The van der Waals surface area contributed by atoms with Crippen LogP contribution in [-0.4, -0.2) is 35.1 Å². The third-order valence-corrected chi connectivity index (χ3v) is 3.98. The van der Waals surface area contributed by atoms with Crippen LogP contribution in [0.1, 0.15) is 40.5 Å². The first-order chi connectivity index (χ1) is 10.8. The van der Waals surface area contributed by atoms with Crippen molar-refractivity contribution >= 4 is 17.7 Å². The average molecular weight is 318 g/mol. The Morgan fingerprint density at radius 2 is 1.91 bits per heavy atom. The number of likely N-dealkylation sites (tertiary alicyclic amines) is 1. The highest BCUT2D eigenvalue weighted by Crippen LogP contribution is 2.32. The van der Waals surface area contributed by atoms with Gasteiger partial charge in [-0.05, 0) is 45.2 Å². The smallest absolute Gasteiger partial charge is 0.410 e. The molecule has 0 saturated carbocycles. The van der Waals surface area contributed by atoms with Gasteiger partial charge in [-0.2, -0.15) is 0 Å². The number of benzene rings is 1. The lowest BCUT2D eigenvalue weighted by atomic mass is 9.84. The number of amides is 2. The van der Waals surface area contributed by atoms with Crippen LogP contribution in [0.2, 0.25) is 0 Å². The first-order valence-electron chi connectivity index (χ1n) is 8.14. The molecule has 0 aliphatic carbocycles. The van der Waals surface area contributed by atoms with E-state index in [9.17, 15) is 9.59 Å². The van der Waals surface area contributed by atoms with E-state index in [0.717, 1.165) is 12.1 Å². The minimum absolute atomic E-state index is 0.0760. The zero-order valence-corrected chi connectivity index (χ0v) is 14.3. The lowest BCUT2D eigenvalue weighted by molar-refractivity contribution is -0.119. The highest BCUT2D eigenvalue weighted by molar-refractivity contribution is 5.91. The second kappa shape index (κ2) is 7.02. The van der Waals surface area contributed by atoms with Gasteiger partial charge in [-0.1, -0.05) is 25.1 Å². The van der Waals surface area contributed by atoms with Gasteiger partial charge in [0.05, 0.1) is 0 Å². The first kappa shape index (κ1) is 17.3. The Balaban J connectivity index is 1.94. The molecule has 1 heterocycles.